The Morgan fingerprint density at radius 1 is 1.07 bits per heavy atom. The van der Waals surface area contributed by atoms with Crippen LogP contribution in [0.5, 0.6) is 0 Å². The van der Waals surface area contributed by atoms with Gasteiger partial charge in [-0.2, -0.15) is 13.2 Å². The minimum atomic E-state index is -4.63. The number of oxime groups is 1. The highest BCUT2D eigenvalue weighted by Crippen LogP contribution is 2.33. The van der Waals surface area contributed by atoms with E-state index >= 15 is 0 Å². The van der Waals surface area contributed by atoms with E-state index in [-0.39, 0.29) is 22.9 Å². The van der Waals surface area contributed by atoms with Gasteiger partial charge in [-0.15, -0.1) is 0 Å². The number of halogens is 3. The number of aryl methyl sites for hydroxylation is 2. The summed E-state index contributed by atoms with van der Waals surface area (Å²) in [7, 11) is 0. The molecule has 41 heavy (non-hydrogen) atoms. The van der Waals surface area contributed by atoms with Crippen LogP contribution in [0.15, 0.2) is 95.7 Å². The average Bonchev–Trinajstić information content (AvgIpc) is 3.39. The minimum Gasteiger partial charge on any atom is -0.408 e. The van der Waals surface area contributed by atoms with E-state index in [0.29, 0.717) is 28.2 Å². The molecule has 0 aliphatic rings. The second-order valence-electron chi connectivity index (χ2n) is 8.96. The average molecular weight is 562 g/mol. The summed E-state index contributed by atoms with van der Waals surface area (Å²) >= 11 is 0. The van der Waals surface area contributed by atoms with Gasteiger partial charge in [0.1, 0.15) is 0 Å². The Bertz CT molecular complexity index is 1640. The highest BCUT2D eigenvalue weighted by Gasteiger charge is 2.31. The monoisotopic (exact) mass is 561 g/mol. The fraction of sp³-hybridized carbons (Fsp3) is 0.138. The van der Waals surface area contributed by atoms with E-state index in [9.17, 15) is 23.2 Å². The predicted octanol–water partition coefficient (Wildman–Crippen LogP) is 6.38. The van der Waals surface area contributed by atoms with Gasteiger partial charge in [0.25, 0.3) is 11.9 Å². The molecule has 0 aliphatic carbocycles. The molecule has 0 unspecified atom stereocenters. The largest absolute Gasteiger partial charge is 0.416 e. The fourth-order valence-electron chi connectivity index (χ4n) is 3.84. The van der Waals surface area contributed by atoms with Gasteiger partial charge in [-0.05, 0) is 80.0 Å². The van der Waals surface area contributed by atoms with Gasteiger partial charge in [-0.3, -0.25) is 9.78 Å². The summed E-state index contributed by atoms with van der Waals surface area (Å²) in [6, 6.07) is 11.5. The third kappa shape index (κ3) is 7.24. The van der Waals surface area contributed by atoms with Crippen LogP contribution in [0.4, 0.5) is 24.5 Å². The Morgan fingerprint density at radius 3 is 2.51 bits per heavy atom. The maximum atomic E-state index is 13.6. The molecule has 0 saturated heterocycles. The number of carbonyl (C=O) groups is 1. The number of pyridine rings is 1. The number of amides is 1. The Hall–Kier alpha value is -5.26. The zero-order chi connectivity index (χ0) is 29.6. The number of alkyl halides is 3. The van der Waals surface area contributed by atoms with Crippen LogP contribution in [0.1, 0.15) is 39.7 Å². The number of carbonyl (C=O) groups excluding carboxylic acids is 1. The zero-order valence-electron chi connectivity index (χ0n) is 22.3. The number of hydrogen-bond acceptors (Lipinski definition) is 5. The normalized spacial score (nSPS) is 12.5. The second-order valence-corrected chi connectivity index (χ2v) is 8.96. The van der Waals surface area contributed by atoms with E-state index < -0.39 is 17.6 Å². The van der Waals surface area contributed by atoms with Gasteiger partial charge in [0, 0.05) is 46.8 Å². The standard InChI is InChI=1S/C29H26F3N7O2/c1-4-6-25(21-7-5-10-33-15-21)36-28(38-41)37-26-11-20(9-8-18(26)2)27(40)35-23-12-22(29(30,31)32)13-24(14-23)39-16-19(3)34-17-39/h4-17,41H,1-3H3,(H,35,40)(H,37,38)/b6-4-,36-25+. The molecule has 0 atom stereocenters. The van der Waals surface area contributed by atoms with Crippen molar-refractivity contribution in [3.05, 3.63) is 114 Å². The first-order chi connectivity index (χ1) is 19.6. The van der Waals surface area contributed by atoms with Gasteiger partial charge < -0.3 is 20.4 Å². The fourth-order valence-corrected chi connectivity index (χ4v) is 3.84. The first-order valence-electron chi connectivity index (χ1n) is 12.3. The summed E-state index contributed by atoms with van der Waals surface area (Å²) in [4.78, 5) is 25.6. The molecule has 0 radical (unpaired) electrons. The van der Waals surface area contributed by atoms with Crippen molar-refractivity contribution in [2.45, 2.75) is 26.9 Å². The third-order valence-corrected chi connectivity index (χ3v) is 5.86. The van der Waals surface area contributed by atoms with Crippen LogP contribution in [0.25, 0.3) is 5.69 Å². The van der Waals surface area contributed by atoms with Gasteiger partial charge in [-0.1, -0.05) is 12.1 Å². The lowest BCUT2D eigenvalue weighted by molar-refractivity contribution is -0.137. The Balaban J connectivity index is 1.61. The van der Waals surface area contributed by atoms with Crippen LogP contribution in [0, 0.1) is 13.8 Å². The molecule has 0 fully saturated rings. The topological polar surface area (TPSA) is 117 Å². The van der Waals surface area contributed by atoms with Gasteiger partial charge in [0.05, 0.1) is 23.3 Å². The second kappa shape index (κ2) is 12.3. The molecule has 9 nitrogen and oxygen atoms in total. The number of benzene rings is 2. The van der Waals surface area contributed by atoms with E-state index in [4.69, 9.17) is 0 Å². The molecule has 0 bridgehead atoms. The summed E-state index contributed by atoms with van der Waals surface area (Å²) in [5.41, 5.74) is 2.26. The predicted molar refractivity (Wildman–Crippen MR) is 151 cm³/mol. The van der Waals surface area contributed by atoms with Gasteiger partial charge in [-0.25, -0.2) is 9.98 Å². The maximum Gasteiger partial charge on any atom is 0.416 e. The third-order valence-electron chi connectivity index (χ3n) is 5.86. The van der Waals surface area contributed by atoms with Crippen LogP contribution in [-0.2, 0) is 6.18 Å². The number of allylic oxidation sites excluding steroid dienone is 2. The molecular weight excluding hydrogens is 535 g/mol. The van der Waals surface area contributed by atoms with Crippen molar-refractivity contribution in [1.29, 1.82) is 0 Å². The Kier molecular flexibility index (Phi) is 8.61. The van der Waals surface area contributed by atoms with Crippen LogP contribution in [0.3, 0.4) is 0 Å². The summed E-state index contributed by atoms with van der Waals surface area (Å²) in [5, 5.41) is 18.3. The summed E-state index contributed by atoms with van der Waals surface area (Å²) in [5.74, 6) is -0.795. The number of rotatable bonds is 6. The highest BCUT2D eigenvalue weighted by atomic mass is 19.4. The van der Waals surface area contributed by atoms with Crippen molar-refractivity contribution < 1.29 is 23.2 Å². The lowest BCUT2D eigenvalue weighted by atomic mass is 10.1. The molecule has 0 spiro atoms. The van der Waals surface area contributed by atoms with Crippen molar-refractivity contribution in [1.82, 2.24) is 14.5 Å². The number of anilines is 2. The van der Waals surface area contributed by atoms with Crippen LogP contribution in [-0.4, -0.2) is 37.3 Å². The molecule has 4 aromatic rings. The first-order valence-corrected chi connectivity index (χ1v) is 12.3. The lowest BCUT2D eigenvalue weighted by Gasteiger charge is -2.14. The molecule has 4 rings (SSSR count). The summed E-state index contributed by atoms with van der Waals surface area (Å²) in [6.07, 6.45) is 5.06. The van der Waals surface area contributed by atoms with E-state index in [0.717, 1.165) is 12.1 Å². The molecule has 12 heteroatoms. The van der Waals surface area contributed by atoms with Crippen molar-refractivity contribution in [3.8, 4) is 5.69 Å². The number of nitrogens with one attached hydrogen (secondary N) is 2. The Labute approximate surface area is 233 Å². The number of aliphatic imine (C=N–C) groups is 1. The molecule has 1 amide bonds. The number of imidazole rings is 1. The van der Waals surface area contributed by atoms with Crippen LogP contribution in [0.2, 0.25) is 0 Å². The van der Waals surface area contributed by atoms with E-state index in [1.165, 1.54) is 29.1 Å². The first kappa shape index (κ1) is 28.7. The number of nitrogens with zero attached hydrogens (tertiary/aromatic N) is 5. The molecule has 210 valence electrons. The summed E-state index contributed by atoms with van der Waals surface area (Å²) in [6.45, 7) is 5.29. The highest BCUT2D eigenvalue weighted by molar-refractivity contribution is 6.15. The van der Waals surface area contributed by atoms with E-state index in [1.54, 1.807) is 62.8 Å². The van der Waals surface area contributed by atoms with Crippen molar-refractivity contribution in [3.63, 3.8) is 0 Å². The van der Waals surface area contributed by atoms with Gasteiger partial charge in [0.2, 0.25) is 0 Å². The smallest absolute Gasteiger partial charge is 0.408 e. The molecule has 2 aromatic carbocycles. The van der Waals surface area contributed by atoms with Crippen molar-refractivity contribution in [2.24, 2.45) is 10.1 Å². The minimum absolute atomic E-state index is 0.0454. The number of aromatic nitrogens is 3. The van der Waals surface area contributed by atoms with Crippen molar-refractivity contribution in [2.75, 3.05) is 10.6 Å². The Morgan fingerprint density at radius 2 is 1.88 bits per heavy atom. The van der Waals surface area contributed by atoms with Crippen LogP contribution < -0.4 is 10.6 Å². The maximum absolute atomic E-state index is 13.6. The van der Waals surface area contributed by atoms with Crippen LogP contribution >= 0.6 is 0 Å². The molecule has 2 aromatic heterocycles. The SMILES string of the molecule is C\C=C/C(=N\C(=N\O)Nc1cc(C(=O)Nc2cc(-n3cnc(C)c3)cc(C(F)(F)F)c2)ccc1C)c1cccnc1. The van der Waals surface area contributed by atoms with Crippen molar-refractivity contribution >= 4 is 29.0 Å². The van der Waals surface area contributed by atoms with E-state index in [2.05, 4.69) is 30.7 Å². The lowest BCUT2D eigenvalue weighted by Crippen LogP contribution is -2.16. The molecular formula is C29H26F3N7O2. The van der Waals surface area contributed by atoms with Gasteiger partial charge in [0.15, 0.2) is 0 Å². The molecule has 3 N–H and O–H groups in total. The molecule has 0 aliphatic heterocycles. The zero-order valence-corrected chi connectivity index (χ0v) is 22.3. The molecule has 2 heterocycles. The van der Waals surface area contributed by atoms with Gasteiger partial charge >= 0.3 is 6.18 Å². The quantitative estimate of drug-likeness (QED) is 0.109. The van der Waals surface area contributed by atoms with E-state index in [1.807, 2.05) is 6.92 Å². The molecule has 0 saturated carbocycles. The number of hydrogen-bond donors (Lipinski definition) is 3. The number of guanidine groups is 1. The summed E-state index contributed by atoms with van der Waals surface area (Å²) < 4.78 is 42.3.